The van der Waals surface area contributed by atoms with Gasteiger partial charge in [0.05, 0.1) is 41.0 Å². The third kappa shape index (κ3) is 15.6. The van der Waals surface area contributed by atoms with Crippen LogP contribution >= 0.6 is 0 Å². The molecule has 11 nitrogen and oxygen atoms in total. The summed E-state index contributed by atoms with van der Waals surface area (Å²) in [5.41, 5.74) is 1.87. The molecular formula is C52H56O11. The van der Waals surface area contributed by atoms with Crippen LogP contribution in [0.15, 0.2) is 115 Å². The first-order valence-electron chi connectivity index (χ1n) is 21.8. The molecule has 0 amide bonds. The minimum Gasteiger partial charge on any atom is -0.494 e. The van der Waals surface area contributed by atoms with Crippen molar-refractivity contribution in [1.82, 2.24) is 0 Å². The molecule has 0 atom stereocenters. The van der Waals surface area contributed by atoms with E-state index in [0.717, 1.165) is 32.1 Å². The van der Waals surface area contributed by atoms with Crippen LogP contribution in [-0.4, -0.2) is 43.1 Å². The van der Waals surface area contributed by atoms with E-state index < -0.39 is 29.8 Å². The molecule has 5 rings (SSSR count). The molecule has 11 heteroatoms. The number of hydrogen-bond donors (Lipinski definition) is 0. The van der Waals surface area contributed by atoms with Gasteiger partial charge in [-0.2, -0.15) is 0 Å². The molecule has 0 heterocycles. The van der Waals surface area contributed by atoms with Gasteiger partial charge in [0, 0.05) is 0 Å². The molecule has 0 fully saturated rings. The number of hydrogen-bond acceptors (Lipinski definition) is 11. The molecule has 5 aromatic carbocycles. The average Bonchev–Trinajstić information content (AvgIpc) is 3.29. The van der Waals surface area contributed by atoms with Crippen molar-refractivity contribution in [2.24, 2.45) is 0 Å². The molecule has 5 aromatic rings. The molecule has 63 heavy (non-hydrogen) atoms. The van der Waals surface area contributed by atoms with Crippen molar-refractivity contribution < 1.29 is 52.4 Å². The van der Waals surface area contributed by atoms with E-state index in [9.17, 15) is 24.0 Å². The predicted molar refractivity (Wildman–Crippen MR) is 239 cm³/mol. The van der Waals surface area contributed by atoms with Crippen LogP contribution in [0.3, 0.4) is 0 Å². The van der Waals surface area contributed by atoms with Gasteiger partial charge in [0.15, 0.2) is 0 Å². The highest BCUT2D eigenvalue weighted by Crippen LogP contribution is 2.24. The molecule has 0 unspecified atom stereocenters. The number of esters is 5. The maximum atomic E-state index is 13.2. The predicted octanol–water partition coefficient (Wildman–Crippen LogP) is 12.1. The summed E-state index contributed by atoms with van der Waals surface area (Å²) >= 11 is 0. The van der Waals surface area contributed by atoms with Gasteiger partial charge in [0.1, 0.15) is 28.7 Å². The maximum Gasteiger partial charge on any atom is 0.343 e. The Hall–Kier alpha value is -6.75. The summed E-state index contributed by atoms with van der Waals surface area (Å²) in [5.74, 6) is -1.54. The average molecular weight is 857 g/mol. The fourth-order valence-corrected chi connectivity index (χ4v) is 6.41. The summed E-state index contributed by atoms with van der Waals surface area (Å²) in [7, 11) is 0. The van der Waals surface area contributed by atoms with Gasteiger partial charge in [-0.05, 0) is 135 Å². The summed E-state index contributed by atoms with van der Waals surface area (Å²) in [4.78, 5) is 64.2. The monoisotopic (exact) mass is 856 g/mol. The van der Waals surface area contributed by atoms with Gasteiger partial charge in [0.2, 0.25) is 0 Å². The van der Waals surface area contributed by atoms with E-state index in [-0.39, 0.29) is 39.7 Å². The van der Waals surface area contributed by atoms with Crippen LogP contribution in [-0.2, 0) is 4.74 Å². The second kappa shape index (κ2) is 25.2. The number of unbranched alkanes of at least 4 members (excludes halogenated alkanes) is 10. The third-order valence-electron chi connectivity index (χ3n) is 10.1. The van der Waals surface area contributed by atoms with Crippen LogP contribution in [0.4, 0.5) is 0 Å². The Morgan fingerprint density at radius 3 is 1.17 bits per heavy atom. The van der Waals surface area contributed by atoms with Crippen LogP contribution in [0, 0.1) is 6.92 Å². The Labute approximate surface area is 369 Å². The normalized spacial score (nSPS) is 10.7. The second-order valence-corrected chi connectivity index (χ2v) is 15.2. The highest BCUT2D eigenvalue weighted by Gasteiger charge is 2.18. The summed E-state index contributed by atoms with van der Waals surface area (Å²) in [6.45, 7) is 7.07. The minimum absolute atomic E-state index is 0.114. The standard InChI is InChI=1S/C52H56O11/c1-4-6-8-10-12-14-34-58-42-26-17-39(18-27-42)49(54)61-44-30-21-41(22-31-44)51(56)63-46-25-16-37(3)47(36-46)52(57)62-45-32-23-40(24-33-45)50(55)60-43-28-19-38(20-29-43)48(53)59-35-15-13-11-9-7-5-2/h16-33,36H,4-15,34-35H2,1-3H3. The van der Waals surface area contributed by atoms with Gasteiger partial charge in [-0.25, -0.2) is 24.0 Å². The lowest BCUT2D eigenvalue weighted by molar-refractivity contribution is 0.0496. The molecule has 0 saturated carbocycles. The fourth-order valence-electron chi connectivity index (χ4n) is 6.41. The summed E-state index contributed by atoms with van der Waals surface area (Å²) in [6.07, 6.45) is 13.6. The first-order chi connectivity index (χ1) is 30.6. The summed E-state index contributed by atoms with van der Waals surface area (Å²) < 4.78 is 33.2. The Morgan fingerprint density at radius 1 is 0.365 bits per heavy atom. The fraction of sp³-hybridized carbons (Fsp3) is 0.327. The van der Waals surface area contributed by atoms with Crippen molar-refractivity contribution in [2.75, 3.05) is 13.2 Å². The van der Waals surface area contributed by atoms with Crippen molar-refractivity contribution >= 4 is 29.8 Å². The lowest BCUT2D eigenvalue weighted by atomic mass is 10.1. The third-order valence-corrected chi connectivity index (χ3v) is 10.1. The van der Waals surface area contributed by atoms with E-state index in [4.69, 9.17) is 28.4 Å². The quantitative estimate of drug-likeness (QED) is 0.0332. The van der Waals surface area contributed by atoms with Crippen molar-refractivity contribution in [3.63, 3.8) is 0 Å². The number of carbonyl (C=O) groups excluding carboxylic acids is 5. The maximum absolute atomic E-state index is 13.2. The van der Waals surface area contributed by atoms with Crippen molar-refractivity contribution in [3.8, 4) is 28.7 Å². The molecule has 0 radical (unpaired) electrons. The molecule has 0 aliphatic carbocycles. The van der Waals surface area contributed by atoms with Crippen LogP contribution in [0.5, 0.6) is 28.7 Å². The zero-order valence-electron chi connectivity index (χ0n) is 36.4. The Morgan fingerprint density at radius 2 is 0.714 bits per heavy atom. The van der Waals surface area contributed by atoms with Gasteiger partial charge in [-0.3, -0.25) is 0 Å². The van der Waals surface area contributed by atoms with Gasteiger partial charge in [-0.15, -0.1) is 0 Å². The largest absolute Gasteiger partial charge is 0.494 e. The molecule has 0 bridgehead atoms. The SMILES string of the molecule is CCCCCCCCOC(=O)c1ccc(OC(=O)c2ccc(OC(=O)c3cc(OC(=O)c4ccc(OC(=O)c5ccc(OCCCCCCCC)cc5)cc4)ccc3C)cc2)cc1. The molecule has 0 N–H and O–H groups in total. The number of rotatable bonds is 24. The van der Waals surface area contributed by atoms with E-state index in [1.807, 2.05) is 0 Å². The zero-order valence-corrected chi connectivity index (χ0v) is 36.4. The molecule has 0 aromatic heterocycles. The van der Waals surface area contributed by atoms with Crippen LogP contribution < -0.4 is 23.7 Å². The molecule has 0 aliphatic rings. The van der Waals surface area contributed by atoms with Crippen molar-refractivity contribution in [3.05, 3.63) is 149 Å². The number of ether oxygens (including phenoxy) is 6. The van der Waals surface area contributed by atoms with E-state index in [0.29, 0.717) is 35.7 Å². The Kier molecular flexibility index (Phi) is 19.0. The van der Waals surface area contributed by atoms with E-state index >= 15 is 0 Å². The summed E-state index contributed by atoms with van der Waals surface area (Å²) in [5, 5.41) is 0. The Balaban J connectivity index is 1.06. The second-order valence-electron chi connectivity index (χ2n) is 15.2. The number of carbonyl (C=O) groups is 5. The van der Waals surface area contributed by atoms with Crippen molar-refractivity contribution in [2.45, 2.75) is 97.8 Å². The zero-order chi connectivity index (χ0) is 44.8. The minimum atomic E-state index is -0.701. The van der Waals surface area contributed by atoms with E-state index in [1.54, 1.807) is 55.5 Å². The molecular weight excluding hydrogens is 801 g/mol. The number of benzene rings is 5. The van der Waals surface area contributed by atoms with E-state index in [1.165, 1.54) is 112 Å². The van der Waals surface area contributed by atoms with Crippen LogP contribution in [0.25, 0.3) is 0 Å². The van der Waals surface area contributed by atoms with Gasteiger partial charge in [-0.1, -0.05) is 84.1 Å². The smallest absolute Gasteiger partial charge is 0.343 e. The van der Waals surface area contributed by atoms with Crippen LogP contribution in [0.2, 0.25) is 0 Å². The Bertz CT molecular complexity index is 2240. The van der Waals surface area contributed by atoms with Gasteiger partial charge < -0.3 is 28.4 Å². The lowest BCUT2D eigenvalue weighted by Gasteiger charge is -2.11. The van der Waals surface area contributed by atoms with Crippen LogP contribution in [0.1, 0.15) is 148 Å². The highest BCUT2D eigenvalue weighted by molar-refractivity contribution is 5.96. The van der Waals surface area contributed by atoms with Gasteiger partial charge >= 0.3 is 29.8 Å². The van der Waals surface area contributed by atoms with E-state index in [2.05, 4.69) is 13.8 Å². The topological polar surface area (TPSA) is 141 Å². The lowest BCUT2D eigenvalue weighted by Crippen LogP contribution is -2.13. The number of aryl methyl sites for hydroxylation is 1. The molecule has 330 valence electrons. The summed E-state index contributed by atoms with van der Waals surface area (Å²) in [6, 6.07) is 29.2. The van der Waals surface area contributed by atoms with Crippen molar-refractivity contribution in [1.29, 1.82) is 0 Å². The molecule has 0 saturated heterocycles. The molecule has 0 aliphatic heterocycles. The molecule has 0 spiro atoms. The first kappa shape index (κ1) is 47.3. The highest BCUT2D eigenvalue weighted by atomic mass is 16.6. The van der Waals surface area contributed by atoms with Gasteiger partial charge in [0.25, 0.3) is 0 Å². The first-order valence-corrected chi connectivity index (χ1v) is 21.8.